The highest BCUT2D eigenvalue weighted by Gasteiger charge is 2.38. The van der Waals surface area contributed by atoms with Crippen molar-refractivity contribution >= 4 is 17.5 Å². The third-order valence-corrected chi connectivity index (χ3v) is 4.91. The van der Waals surface area contributed by atoms with Gasteiger partial charge >= 0.3 is 0 Å². The highest BCUT2D eigenvalue weighted by atomic mass is 16.5. The first-order chi connectivity index (χ1) is 11.2. The van der Waals surface area contributed by atoms with Crippen LogP contribution in [0.3, 0.4) is 0 Å². The Morgan fingerprint density at radius 2 is 2.00 bits per heavy atom. The molecule has 0 atom stereocenters. The van der Waals surface area contributed by atoms with E-state index in [1.165, 1.54) is 19.3 Å². The molecule has 2 fully saturated rings. The number of amides is 1. The highest BCUT2D eigenvalue weighted by Crippen LogP contribution is 2.30. The van der Waals surface area contributed by atoms with Crippen LogP contribution in [0, 0.1) is 5.41 Å². The smallest absolute Gasteiger partial charge is 0.225 e. The van der Waals surface area contributed by atoms with Gasteiger partial charge in [-0.2, -0.15) is 0 Å². The number of carbonyl (C=O) groups is 1. The lowest BCUT2D eigenvalue weighted by Gasteiger charge is -2.34. The molecule has 1 amide bonds. The summed E-state index contributed by atoms with van der Waals surface area (Å²) in [6, 6.07) is 1.96. The van der Waals surface area contributed by atoms with Crippen LogP contribution < -0.4 is 16.0 Å². The van der Waals surface area contributed by atoms with E-state index in [-0.39, 0.29) is 5.91 Å². The summed E-state index contributed by atoms with van der Waals surface area (Å²) < 4.78 is 5.36. The van der Waals surface area contributed by atoms with Crippen LogP contribution >= 0.6 is 0 Å². The molecule has 0 unspecified atom stereocenters. The number of hydrogen-bond acceptors (Lipinski definition) is 6. The predicted octanol–water partition coefficient (Wildman–Crippen LogP) is 1.16. The van der Waals surface area contributed by atoms with E-state index < -0.39 is 5.41 Å². The number of nitrogens with two attached hydrogens (primary N) is 1. The van der Waals surface area contributed by atoms with Gasteiger partial charge in [0, 0.05) is 38.9 Å². The predicted molar refractivity (Wildman–Crippen MR) is 88.3 cm³/mol. The van der Waals surface area contributed by atoms with Crippen molar-refractivity contribution in [3.63, 3.8) is 0 Å². The molecule has 2 aliphatic rings. The third-order valence-electron chi connectivity index (χ3n) is 4.91. The topological polar surface area (TPSA) is 93.4 Å². The molecule has 2 saturated heterocycles. The third kappa shape index (κ3) is 3.72. The van der Waals surface area contributed by atoms with Crippen LogP contribution in [0.2, 0.25) is 0 Å². The number of nitrogens with one attached hydrogen (secondary N) is 1. The Labute approximate surface area is 136 Å². The maximum absolute atomic E-state index is 11.9. The molecule has 0 aliphatic carbocycles. The first-order valence-corrected chi connectivity index (χ1v) is 8.38. The lowest BCUT2D eigenvalue weighted by Crippen LogP contribution is -2.46. The number of nitrogens with zero attached hydrogens (tertiary/aromatic N) is 3. The molecule has 0 saturated carbocycles. The lowest BCUT2D eigenvalue weighted by molar-refractivity contribution is -0.132. The van der Waals surface area contributed by atoms with Crippen molar-refractivity contribution in [2.24, 2.45) is 11.1 Å². The Balaban J connectivity index is 1.66. The van der Waals surface area contributed by atoms with Gasteiger partial charge in [0.05, 0.1) is 5.41 Å². The van der Waals surface area contributed by atoms with E-state index in [1.54, 1.807) is 6.33 Å². The van der Waals surface area contributed by atoms with Gasteiger partial charge in [0.25, 0.3) is 0 Å². The normalized spacial score (nSPS) is 21.0. The van der Waals surface area contributed by atoms with Crippen molar-refractivity contribution in [2.75, 3.05) is 43.1 Å². The van der Waals surface area contributed by atoms with E-state index in [1.807, 2.05) is 6.07 Å². The minimum absolute atomic E-state index is 0.265. The fourth-order valence-corrected chi connectivity index (χ4v) is 3.27. The number of hydrogen-bond donors (Lipinski definition) is 2. The van der Waals surface area contributed by atoms with Crippen LogP contribution in [0.5, 0.6) is 0 Å². The minimum atomic E-state index is -0.547. The summed E-state index contributed by atoms with van der Waals surface area (Å²) in [5, 5.41) is 3.28. The number of anilines is 2. The Morgan fingerprint density at radius 3 is 2.70 bits per heavy atom. The highest BCUT2D eigenvalue weighted by molar-refractivity contribution is 5.81. The second-order valence-corrected chi connectivity index (χ2v) is 6.42. The minimum Gasteiger partial charge on any atom is -0.381 e. The van der Waals surface area contributed by atoms with Crippen LogP contribution in [0.4, 0.5) is 11.6 Å². The summed E-state index contributed by atoms with van der Waals surface area (Å²) >= 11 is 0. The SMILES string of the molecule is NC(=O)C1(CNc2cc(N3CCCCC3)ncn2)CCOCC1. The van der Waals surface area contributed by atoms with Crippen LogP contribution in [0.25, 0.3) is 0 Å². The summed E-state index contributed by atoms with van der Waals surface area (Å²) in [6.07, 6.45) is 6.58. The standard InChI is InChI=1S/C16H25N5O2/c17-15(22)16(4-8-23-9-5-16)11-18-13-10-14(20-12-19-13)21-6-2-1-3-7-21/h10,12H,1-9,11H2,(H2,17,22)(H,18,19,20). The average molecular weight is 319 g/mol. The lowest BCUT2D eigenvalue weighted by atomic mass is 9.79. The van der Waals surface area contributed by atoms with Crippen molar-refractivity contribution in [3.05, 3.63) is 12.4 Å². The van der Waals surface area contributed by atoms with Gasteiger partial charge in [-0.3, -0.25) is 4.79 Å². The number of carbonyl (C=O) groups excluding carboxylic acids is 1. The van der Waals surface area contributed by atoms with E-state index in [9.17, 15) is 4.79 Å². The van der Waals surface area contributed by atoms with Gasteiger partial charge in [0.1, 0.15) is 18.0 Å². The van der Waals surface area contributed by atoms with Crippen LogP contribution in [0.1, 0.15) is 32.1 Å². The summed E-state index contributed by atoms with van der Waals surface area (Å²) in [5.41, 5.74) is 5.09. The molecule has 0 bridgehead atoms. The number of primary amides is 1. The quantitative estimate of drug-likeness (QED) is 0.846. The Morgan fingerprint density at radius 1 is 1.26 bits per heavy atom. The zero-order valence-electron chi connectivity index (χ0n) is 13.5. The zero-order chi connectivity index (χ0) is 16.1. The van der Waals surface area contributed by atoms with E-state index >= 15 is 0 Å². The summed E-state index contributed by atoms with van der Waals surface area (Å²) in [4.78, 5) is 22.8. The van der Waals surface area contributed by atoms with Crippen LogP contribution in [-0.4, -0.2) is 48.7 Å². The summed E-state index contributed by atoms with van der Waals surface area (Å²) in [7, 11) is 0. The van der Waals surface area contributed by atoms with Crippen molar-refractivity contribution in [1.29, 1.82) is 0 Å². The molecular weight excluding hydrogens is 294 g/mol. The van der Waals surface area contributed by atoms with Crippen molar-refractivity contribution in [3.8, 4) is 0 Å². The van der Waals surface area contributed by atoms with E-state index in [0.29, 0.717) is 32.6 Å². The second kappa shape index (κ2) is 7.12. The second-order valence-electron chi connectivity index (χ2n) is 6.42. The van der Waals surface area contributed by atoms with E-state index in [0.717, 1.165) is 24.7 Å². The molecule has 0 aromatic carbocycles. The summed E-state index contributed by atoms with van der Waals surface area (Å²) in [6.45, 7) is 3.72. The van der Waals surface area contributed by atoms with Gasteiger partial charge < -0.3 is 20.7 Å². The zero-order valence-corrected chi connectivity index (χ0v) is 13.5. The average Bonchev–Trinajstić information content (AvgIpc) is 2.62. The van der Waals surface area contributed by atoms with Gasteiger partial charge in [0.2, 0.25) is 5.91 Å². The van der Waals surface area contributed by atoms with Crippen molar-refractivity contribution < 1.29 is 9.53 Å². The van der Waals surface area contributed by atoms with E-state index in [4.69, 9.17) is 10.5 Å². The van der Waals surface area contributed by atoms with E-state index in [2.05, 4.69) is 20.2 Å². The molecule has 1 aromatic rings. The molecule has 1 aromatic heterocycles. The molecule has 23 heavy (non-hydrogen) atoms. The molecule has 3 rings (SSSR count). The number of ether oxygens (including phenoxy) is 1. The molecule has 2 aliphatic heterocycles. The van der Waals surface area contributed by atoms with Crippen molar-refractivity contribution in [1.82, 2.24) is 9.97 Å². The molecule has 0 spiro atoms. The molecule has 3 heterocycles. The maximum Gasteiger partial charge on any atom is 0.225 e. The molecule has 0 radical (unpaired) electrons. The first-order valence-electron chi connectivity index (χ1n) is 8.38. The fraction of sp³-hybridized carbons (Fsp3) is 0.688. The Hall–Kier alpha value is -1.89. The first kappa shape index (κ1) is 16.0. The molecule has 3 N–H and O–H groups in total. The summed E-state index contributed by atoms with van der Waals surface area (Å²) in [5.74, 6) is 1.42. The van der Waals surface area contributed by atoms with Crippen LogP contribution in [-0.2, 0) is 9.53 Å². The van der Waals surface area contributed by atoms with Gasteiger partial charge in [-0.05, 0) is 32.1 Å². The van der Waals surface area contributed by atoms with Gasteiger partial charge in [-0.1, -0.05) is 0 Å². The Kier molecular flexibility index (Phi) is 4.95. The van der Waals surface area contributed by atoms with Gasteiger partial charge in [0.15, 0.2) is 0 Å². The maximum atomic E-state index is 11.9. The van der Waals surface area contributed by atoms with Crippen molar-refractivity contribution in [2.45, 2.75) is 32.1 Å². The largest absolute Gasteiger partial charge is 0.381 e. The Bertz CT molecular complexity index is 539. The van der Waals surface area contributed by atoms with Gasteiger partial charge in [-0.25, -0.2) is 9.97 Å². The molecular formula is C16H25N5O2. The molecule has 7 heteroatoms. The fourth-order valence-electron chi connectivity index (χ4n) is 3.27. The number of aromatic nitrogens is 2. The molecule has 7 nitrogen and oxygen atoms in total. The van der Waals surface area contributed by atoms with Gasteiger partial charge in [-0.15, -0.1) is 0 Å². The monoisotopic (exact) mass is 319 g/mol. The number of rotatable bonds is 5. The van der Waals surface area contributed by atoms with Crippen LogP contribution in [0.15, 0.2) is 12.4 Å². The molecule has 126 valence electrons. The number of piperidine rings is 1.